The van der Waals surface area contributed by atoms with Gasteiger partial charge in [-0.25, -0.2) is 9.37 Å². The quantitative estimate of drug-likeness (QED) is 0.813. The second-order valence-electron chi connectivity index (χ2n) is 3.57. The number of halogens is 1. The summed E-state index contributed by atoms with van der Waals surface area (Å²) in [7, 11) is 0. The average Bonchev–Trinajstić information content (AvgIpc) is 2.27. The first kappa shape index (κ1) is 10.4. The standard InChI is InChI=1S/C12H12FN3/c1-8-2-4-10(6-11(8)13)16-12-5-3-9(14)7-15-12/h2-7H,14H2,1H3,(H,15,16). The van der Waals surface area contributed by atoms with Crippen molar-refractivity contribution in [2.24, 2.45) is 0 Å². The predicted molar refractivity (Wildman–Crippen MR) is 63.1 cm³/mol. The van der Waals surface area contributed by atoms with Crippen LogP contribution in [0.5, 0.6) is 0 Å². The van der Waals surface area contributed by atoms with Gasteiger partial charge in [0.1, 0.15) is 11.6 Å². The van der Waals surface area contributed by atoms with Crippen molar-refractivity contribution in [3.63, 3.8) is 0 Å². The van der Waals surface area contributed by atoms with Crippen LogP contribution in [0.15, 0.2) is 36.5 Å². The van der Waals surface area contributed by atoms with Crippen molar-refractivity contribution in [3.8, 4) is 0 Å². The number of anilines is 3. The number of rotatable bonds is 2. The van der Waals surface area contributed by atoms with Crippen LogP contribution in [0.2, 0.25) is 0 Å². The molecular formula is C12H12FN3. The first-order chi connectivity index (χ1) is 7.65. The van der Waals surface area contributed by atoms with Crippen LogP contribution < -0.4 is 11.1 Å². The van der Waals surface area contributed by atoms with E-state index in [-0.39, 0.29) is 5.82 Å². The van der Waals surface area contributed by atoms with Gasteiger partial charge in [0.05, 0.1) is 11.9 Å². The Morgan fingerprint density at radius 3 is 2.69 bits per heavy atom. The first-order valence-corrected chi connectivity index (χ1v) is 4.90. The van der Waals surface area contributed by atoms with Crippen molar-refractivity contribution in [3.05, 3.63) is 47.9 Å². The van der Waals surface area contributed by atoms with Crippen LogP contribution in [0, 0.1) is 12.7 Å². The van der Waals surface area contributed by atoms with E-state index in [1.807, 2.05) is 0 Å². The van der Waals surface area contributed by atoms with Gasteiger partial charge in [0.2, 0.25) is 0 Å². The van der Waals surface area contributed by atoms with Gasteiger partial charge >= 0.3 is 0 Å². The monoisotopic (exact) mass is 217 g/mol. The molecule has 3 N–H and O–H groups in total. The maximum atomic E-state index is 13.3. The highest BCUT2D eigenvalue weighted by Gasteiger charge is 2.00. The highest BCUT2D eigenvalue weighted by atomic mass is 19.1. The summed E-state index contributed by atoms with van der Waals surface area (Å²) in [5.41, 5.74) is 7.40. The zero-order chi connectivity index (χ0) is 11.5. The minimum absolute atomic E-state index is 0.236. The number of hydrogen-bond donors (Lipinski definition) is 2. The smallest absolute Gasteiger partial charge is 0.130 e. The molecule has 0 aliphatic heterocycles. The molecule has 0 radical (unpaired) electrons. The van der Waals surface area contributed by atoms with Gasteiger partial charge in [-0.2, -0.15) is 0 Å². The second kappa shape index (κ2) is 4.18. The van der Waals surface area contributed by atoms with Gasteiger partial charge in [-0.15, -0.1) is 0 Å². The lowest BCUT2D eigenvalue weighted by Crippen LogP contribution is -1.95. The second-order valence-corrected chi connectivity index (χ2v) is 3.57. The molecule has 0 amide bonds. The van der Waals surface area contributed by atoms with E-state index in [1.54, 1.807) is 37.4 Å². The summed E-state index contributed by atoms with van der Waals surface area (Å²) in [6.07, 6.45) is 1.55. The summed E-state index contributed by atoms with van der Waals surface area (Å²) in [5.74, 6) is 0.401. The van der Waals surface area contributed by atoms with Crippen molar-refractivity contribution in [1.82, 2.24) is 4.98 Å². The third-order valence-corrected chi connectivity index (χ3v) is 2.23. The van der Waals surface area contributed by atoms with Gasteiger partial charge in [0.15, 0.2) is 0 Å². The predicted octanol–water partition coefficient (Wildman–Crippen LogP) is 2.85. The average molecular weight is 217 g/mol. The number of nitrogen functional groups attached to an aromatic ring is 1. The van der Waals surface area contributed by atoms with Gasteiger partial charge in [-0.3, -0.25) is 0 Å². The molecular weight excluding hydrogens is 205 g/mol. The van der Waals surface area contributed by atoms with Crippen LogP contribution in [-0.2, 0) is 0 Å². The SMILES string of the molecule is Cc1ccc(Nc2ccc(N)cn2)cc1F. The first-order valence-electron chi connectivity index (χ1n) is 4.90. The van der Waals surface area contributed by atoms with Crippen LogP contribution >= 0.6 is 0 Å². The highest BCUT2D eigenvalue weighted by Crippen LogP contribution is 2.18. The third-order valence-electron chi connectivity index (χ3n) is 2.23. The molecule has 1 heterocycles. The van der Waals surface area contributed by atoms with Gasteiger partial charge in [0.25, 0.3) is 0 Å². The van der Waals surface area contributed by atoms with Crippen LogP contribution in [0.1, 0.15) is 5.56 Å². The normalized spacial score (nSPS) is 10.1. The number of nitrogens with zero attached hydrogens (tertiary/aromatic N) is 1. The fraction of sp³-hybridized carbons (Fsp3) is 0.0833. The molecule has 2 aromatic rings. The summed E-state index contributed by atoms with van der Waals surface area (Å²) in [5, 5.41) is 2.99. The Balaban J connectivity index is 2.20. The molecule has 82 valence electrons. The summed E-state index contributed by atoms with van der Waals surface area (Å²) in [6, 6.07) is 8.44. The summed E-state index contributed by atoms with van der Waals surface area (Å²) in [6.45, 7) is 1.72. The molecule has 0 saturated heterocycles. The molecule has 0 spiro atoms. The lowest BCUT2D eigenvalue weighted by Gasteiger charge is -2.06. The number of aromatic nitrogens is 1. The molecule has 16 heavy (non-hydrogen) atoms. The van der Waals surface area contributed by atoms with E-state index in [0.29, 0.717) is 22.8 Å². The van der Waals surface area contributed by atoms with Crippen LogP contribution in [0.3, 0.4) is 0 Å². The molecule has 1 aromatic carbocycles. The molecule has 3 nitrogen and oxygen atoms in total. The highest BCUT2D eigenvalue weighted by molar-refractivity contribution is 5.57. The van der Waals surface area contributed by atoms with Crippen molar-refractivity contribution < 1.29 is 4.39 Å². The van der Waals surface area contributed by atoms with E-state index in [4.69, 9.17) is 5.73 Å². The Hall–Kier alpha value is -2.10. The van der Waals surface area contributed by atoms with Gasteiger partial charge in [-0.1, -0.05) is 6.07 Å². The Morgan fingerprint density at radius 1 is 1.25 bits per heavy atom. The molecule has 0 saturated carbocycles. The van der Waals surface area contributed by atoms with Crippen molar-refractivity contribution in [1.29, 1.82) is 0 Å². The molecule has 1 aromatic heterocycles. The zero-order valence-electron chi connectivity index (χ0n) is 8.87. The largest absolute Gasteiger partial charge is 0.397 e. The molecule has 0 aliphatic carbocycles. The molecule has 4 heteroatoms. The number of nitrogens with one attached hydrogen (secondary N) is 1. The number of benzene rings is 1. The van der Waals surface area contributed by atoms with Crippen LogP contribution in [0.4, 0.5) is 21.6 Å². The van der Waals surface area contributed by atoms with Crippen LogP contribution in [0.25, 0.3) is 0 Å². The van der Waals surface area contributed by atoms with Gasteiger partial charge in [0, 0.05) is 5.69 Å². The number of hydrogen-bond acceptors (Lipinski definition) is 3. The number of pyridine rings is 1. The van der Waals surface area contributed by atoms with Crippen LogP contribution in [-0.4, -0.2) is 4.98 Å². The molecule has 0 unspecified atom stereocenters. The summed E-state index contributed by atoms with van der Waals surface area (Å²) in [4.78, 5) is 4.07. The lowest BCUT2D eigenvalue weighted by atomic mass is 10.2. The van der Waals surface area contributed by atoms with E-state index in [9.17, 15) is 4.39 Å². The number of aryl methyl sites for hydroxylation is 1. The van der Waals surface area contributed by atoms with Gasteiger partial charge in [-0.05, 0) is 36.8 Å². The van der Waals surface area contributed by atoms with Gasteiger partial charge < -0.3 is 11.1 Å². The maximum Gasteiger partial charge on any atom is 0.130 e. The molecule has 0 atom stereocenters. The minimum atomic E-state index is -0.236. The molecule has 0 fully saturated rings. The summed E-state index contributed by atoms with van der Waals surface area (Å²) < 4.78 is 13.3. The van der Waals surface area contributed by atoms with Crippen molar-refractivity contribution in [2.75, 3.05) is 11.1 Å². The summed E-state index contributed by atoms with van der Waals surface area (Å²) >= 11 is 0. The van der Waals surface area contributed by atoms with E-state index < -0.39 is 0 Å². The zero-order valence-corrected chi connectivity index (χ0v) is 8.87. The Labute approximate surface area is 93.1 Å². The molecule has 2 rings (SSSR count). The van der Waals surface area contributed by atoms with E-state index >= 15 is 0 Å². The lowest BCUT2D eigenvalue weighted by molar-refractivity contribution is 0.619. The van der Waals surface area contributed by atoms with E-state index in [2.05, 4.69) is 10.3 Å². The fourth-order valence-electron chi connectivity index (χ4n) is 1.30. The third kappa shape index (κ3) is 2.28. The molecule has 0 aliphatic rings. The Kier molecular flexibility index (Phi) is 2.72. The Bertz CT molecular complexity index is 494. The molecule has 0 bridgehead atoms. The van der Waals surface area contributed by atoms with Crippen molar-refractivity contribution in [2.45, 2.75) is 6.92 Å². The maximum absolute atomic E-state index is 13.3. The van der Waals surface area contributed by atoms with E-state index in [0.717, 1.165) is 0 Å². The Morgan fingerprint density at radius 2 is 2.06 bits per heavy atom. The van der Waals surface area contributed by atoms with E-state index in [1.165, 1.54) is 6.07 Å². The minimum Gasteiger partial charge on any atom is -0.397 e. The van der Waals surface area contributed by atoms with Crippen molar-refractivity contribution >= 4 is 17.2 Å². The topological polar surface area (TPSA) is 50.9 Å². The number of nitrogens with two attached hydrogens (primary N) is 1. The fourth-order valence-corrected chi connectivity index (χ4v) is 1.30.